The maximum atomic E-state index is 6.10. The number of nitrogens with two attached hydrogens (primary N) is 1. The molecule has 0 saturated carbocycles. The van der Waals surface area contributed by atoms with E-state index in [0.717, 1.165) is 27.9 Å². The Morgan fingerprint density at radius 2 is 1.95 bits per heavy atom. The van der Waals surface area contributed by atoms with Crippen LogP contribution in [0.2, 0.25) is 0 Å². The van der Waals surface area contributed by atoms with Crippen LogP contribution in [0, 0.1) is 0 Å². The van der Waals surface area contributed by atoms with Crippen LogP contribution in [0.5, 0.6) is 0 Å². The van der Waals surface area contributed by atoms with Crippen molar-refractivity contribution in [1.29, 1.82) is 0 Å². The smallest absolute Gasteiger partial charge is 0.0705 e. The van der Waals surface area contributed by atoms with Gasteiger partial charge in [0.1, 0.15) is 0 Å². The quantitative estimate of drug-likeness (QED) is 0.725. The zero-order chi connectivity index (χ0) is 14.8. The highest BCUT2D eigenvalue weighted by molar-refractivity contribution is 9.10. The Bertz CT molecular complexity index is 781. The van der Waals surface area contributed by atoms with E-state index in [0.29, 0.717) is 0 Å². The van der Waals surface area contributed by atoms with E-state index in [9.17, 15) is 0 Å². The Morgan fingerprint density at radius 1 is 1.14 bits per heavy atom. The van der Waals surface area contributed by atoms with Crippen molar-refractivity contribution in [2.75, 3.05) is 17.7 Å². The fourth-order valence-corrected chi connectivity index (χ4v) is 2.89. The number of rotatable bonds is 3. The molecular formula is C17H16BrN3. The second kappa shape index (κ2) is 5.74. The van der Waals surface area contributed by atoms with E-state index in [-0.39, 0.29) is 0 Å². The summed E-state index contributed by atoms with van der Waals surface area (Å²) in [7, 11) is 2.05. The van der Waals surface area contributed by atoms with Gasteiger partial charge in [-0.2, -0.15) is 0 Å². The third-order valence-electron chi connectivity index (χ3n) is 3.55. The summed E-state index contributed by atoms with van der Waals surface area (Å²) in [5, 5.41) is 1.18. The van der Waals surface area contributed by atoms with Crippen LogP contribution in [0.15, 0.2) is 59.2 Å². The SMILES string of the molecule is CN(Cc1ccnc2ccccc12)c1ccc(Br)cc1N. The molecule has 2 aromatic carbocycles. The largest absolute Gasteiger partial charge is 0.397 e. The molecule has 3 aromatic rings. The van der Waals surface area contributed by atoms with Crippen molar-refractivity contribution >= 4 is 38.2 Å². The number of benzene rings is 2. The lowest BCUT2D eigenvalue weighted by Crippen LogP contribution is -2.18. The molecule has 106 valence electrons. The van der Waals surface area contributed by atoms with Gasteiger partial charge < -0.3 is 10.6 Å². The maximum absolute atomic E-state index is 6.10. The molecule has 1 heterocycles. The van der Waals surface area contributed by atoms with Crippen molar-refractivity contribution in [3.8, 4) is 0 Å². The van der Waals surface area contributed by atoms with Crippen LogP contribution in [-0.2, 0) is 6.54 Å². The number of fused-ring (bicyclic) bond motifs is 1. The Hall–Kier alpha value is -2.07. The van der Waals surface area contributed by atoms with Gasteiger partial charge in [-0.15, -0.1) is 0 Å². The molecule has 0 aliphatic rings. The molecule has 1 aromatic heterocycles. The van der Waals surface area contributed by atoms with Gasteiger partial charge in [0.05, 0.1) is 16.9 Å². The van der Waals surface area contributed by atoms with Crippen LogP contribution in [0.25, 0.3) is 10.9 Å². The highest BCUT2D eigenvalue weighted by atomic mass is 79.9. The minimum absolute atomic E-state index is 0.769. The maximum Gasteiger partial charge on any atom is 0.0705 e. The fraction of sp³-hybridized carbons (Fsp3) is 0.118. The van der Waals surface area contributed by atoms with E-state index in [1.807, 2.05) is 42.6 Å². The summed E-state index contributed by atoms with van der Waals surface area (Å²) >= 11 is 3.44. The molecule has 0 spiro atoms. The van der Waals surface area contributed by atoms with Gasteiger partial charge in [-0.3, -0.25) is 4.98 Å². The van der Waals surface area contributed by atoms with Crippen LogP contribution in [-0.4, -0.2) is 12.0 Å². The number of halogens is 1. The molecule has 4 heteroatoms. The first kappa shape index (κ1) is 13.9. The first-order valence-electron chi connectivity index (χ1n) is 6.74. The normalized spacial score (nSPS) is 10.8. The average molecular weight is 342 g/mol. The van der Waals surface area contributed by atoms with Gasteiger partial charge in [-0.25, -0.2) is 0 Å². The van der Waals surface area contributed by atoms with Gasteiger partial charge >= 0.3 is 0 Å². The Labute approximate surface area is 132 Å². The van der Waals surface area contributed by atoms with Crippen molar-refractivity contribution < 1.29 is 0 Å². The number of aromatic nitrogens is 1. The number of anilines is 2. The van der Waals surface area contributed by atoms with Crippen molar-refractivity contribution in [3.63, 3.8) is 0 Å². The predicted octanol–water partition coefficient (Wildman–Crippen LogP) is 4.22. The topological polar surface area (TPSA) is 42.2 Å². The fourth-order valence-electron chi connectivity index (χ4n) is 2.51. The lowest BCUT2D eigenvalue weighted by molar-refractivity contribution is 0.930. The van der Waals surface area contributed by atoms with Gasteiger partial charge in [0.15, 0.2) is 0 Å². The number of nitrogens with zero attached hydrogens (tertiary/aromatic N) is 2. The molecule has 0 bridgehead atoms. The van der Waals surface area contributed by atoms with E-state index in [1.54, 1.807) is 0 Å². The van der Waals surface area contributed by atoms with Crippen LogP contribution in [0.4, 0.5) is 11.4 Å². The monoisotopic (exact) mass is 341 g/mol. The number of hydrogen-bond donors (Lipinski definition) is 1. The molecule has 3 nitrogen and oxygen atoms in total. The molecule has 0 atom stereocenters. The molecule has 0 amide bonds. The molecule has 0 radical (unpaired) electrons. The van der Waals surface area contributed by atoms with E-state index >= 15 is 0 Å². The highest BCUT2D eigenvalue weighted by Crippen LogP contribution is 2.28. The summed E-state index contributed by atoms with van der Waals surface area (Å²) in [6, 6.07) is 16.2. The second-order valence-electron chi connectivity index (χ2n) is 5.05. The third kappa shape index (κ3) is 2.85. The average Bonchev–Trinajstić information content (AvgIpc) is 2.47. The lowest BCUT2D eigenvalue weighted by atomic mass is 10.1. The van der Waals surface area contributed by atoms with Crippen LogP contribution < -0.4 is 10.6 Å². The lowest BCUT2D eigenvalue weighted by Gasteiger charge is -2.22. The molecule has 3 rings (SSSR count). The summed E-state index contributed by atoms with van der Waals surface area (Å²) in [5.41, 5.74) is 10.2. The van der Waals surface area contributed by atoms with Gasteiger partial charge in [0, 0.05) is 29.6 Å². The zero-order valence-corrected chi connectivity index (χ0v) is 13.3. The molecular weight excluding hydrogens is 326 g/mol. The first-order valence-corrected chi connectivity index (χ1v) is 7.53. The molecule has 0 saturated heterocycles. The Kier molecular flexibility index (Phi) is 3.80. The third-order valence-corrected chi connectivity index (χ3v) is 4.04. The molecule has 21 heavy (non-hydrogen) atoms. The van der Waals surface area contributed by atoms with Crippen LogP contribution in [0.1, 0.15) is 5.56 Å². The first-order chi connectivity index (χ1) is 10.1. The number of nitrogen functional groups attached to an aromatic ring is 1. The summed E-state index contributed by atoms with van der Waals surface area (Å²) in [4.78, 5) is 6.56. The van der Waals surface area contributed by atoms with Crippen LogP contribution in [0.3, 0.4) is 0 Å². The van der Waals surface area contributed by atoms with Gasteiger partial charge in [-0.1, -0.05) is 34.1 Å². The standard InChI is InChI=1S/C17H16BrN3/c1-21(17-7-6-13(18)10-15(17)19)11-12-8-9-20-16-5-3-2-4-14(12)16/h2-10H,11,19H2,1H3. The van der Waals surface area contributed by atoms with Crippen molar-refractivity contribution in [3.05, 3.63) is 64.8 Å². The van der Waals surface area contributed by atoms with Gasteiger partial charge in [-0.05, 0) is 35.9 Å². The van der Waals surface area contributed by atoms with E-state index in [4.69, 9.17) is 5.73 Å². The van der Waals surface area contributed by atoms with Crippen molar-refractivity contribution in [2.24, 2.45) is 0 Å². The summed E-state index contributed by atoms with van der Waals surface area (Å²) in [6.45, 7) is 0.787. The second-order valence-corrected chi connectivity index (χ2v) is 5.96. The number of hydrogen-bond acceptors (Lipinski definition) is 3. The van der Waals surface area contributed by atoms with Crippen LogP contribution >= 0.6 is 15.9 Å². The zero-order valence-electron chi connectivity index (χ0n) is 11.8. The minimum Gasteiger partial charge on any atom is -0.397 e. The predicted molar refractivity (Wildman–Crippen MR) is 92.4 cm³/mol. The number of para-hydroxylation sites is 1. The molecule has 2 N–H and O–H groups in total. The molecule has 0 fully saturated rings. The van der Waals surface area contributed by atoms with Gasteiger partial charge in [0.25, 0.3) is 0 Å². The summed E-state index contributed by atoms with van der Waals surface area (Å²) in [6.07, 6.45) is 1.86. The van der Waals surface area contributed by atoms with Crippen molar-refractivity contribution in [1.82, 2.24) is 4.98 Å². The summed E-state index contributed by atoms with van der Waals surface area (Å²) < 4.78 is 0.992. The highest BCUT2D eigenvalue weighted by Gasteiger charge is 2.09. The minimum atomic E-state index is 0.769. The molecule has 0 aliphatic heterocycles. The van der Waals surface area contributed by atoms with E-state index in [2.05, 4.69) is 45.0 Å². The van der Waals surface area contributed by atoms with E-state index < -0.39 is 0 Å². The Morgan fingerprint density at radius 3 is 2.76 bits per heavy atom. The Balaban J connectivity index is 1.94. The molecule has 0 aliphatic carbocycles. The van der Waals surface area contributed by atoms with Crippen molar-refractivity contribution in [2.45, 2.75) is 6.54 Å². The molecule has 0 unspecified atom stereocenters. The summed E-state index contributed by atoms with van der Waals surface area (Å²) in [5.74, 6) is 0. The van der Waals surface area contributed by atoms with Gasteiger partial charge in [0.2, 0.25) is 0 Å². The van der Waals surface area contributed by atoms with E-state index in [1.165, 1.54) is 10.9 Å². The number of pyridine rings is 1.